The Balaban J connectivity index is 0.00000320. The lowest BCUT2D eigenvalue weighted by Crippen LogP contribution is -2.46. The predicted octanol–water partition coefficient (Wildman–Crippen LogP) is 1.21. The normalized spacial score (nSPS) is 15.0. The van der Waals surface area contributed by atoms with E-state index in [1.165, 1.54) is 0 Å². The van der Waals surface area contributed by atoms with Gasteiger partial charge in [-0.2, -0.15) is 5.10 Å². The van der Waals surface area contributed by atoms with Crippen molar-refractivity contribution in [3.8, 4) is 0 Å². The van der Waals surface area contributed by atoms with E-state index in [0.717, 1.165) is 55.3 Å². The van der Waals surface area contributed by atoms with Crippen LogP contribution in [0.2, 0.25) is 0 Å². The largest absolute Gasteiger partial charge is 0.367 e. The first-order valence-electron chi connectivity index (χ1n) is 10.2. The Hall–Kier alpha value is -2.18. The first-order chi connectivity index (χ1) is 14.1. The molecule has 1 fully saturated rings. The van der Waals surface area contributed by atoms with Crippen molar-refractivity contribution in [3.05, 3.63) is 12.5 Å². The number of hydrogen-bond acceptors (Lipinski definition) is 6. The molecule has 2 aromatic heterocycles. The van der Waals surface area contributed by atoms with Gasteiger partial charge in [0.1, 0.15) is 12.1 Å². The summed E-state index contributed by atoms with van der Waals surface area (Å²) in [6, 6.07) is 0. The number of piperidine rings is 1. The van der Waals surface area contributed by atoms with E-state index in [9.17, 15) is 4.79 Å². The molecule has 0 atom stereocenters. The van der Waals surface area contributed by atoms with Crippen LogP contribution in [0.4, 0.5) is 5.82 Å². The van der Waals surface area contributed by atoms with E-state index < -0.39 is 0 Å². The molecule has 0 aliphatic carbocycles. The standard InChI is InChI=1S/C19H31N9O.HI/c1-4-21-19(28-9-5-14(6-10-28)11-16(29)20-2)23-8-7-22-17-15-12-26-27(3)18(15)25-13-24-17;/h12-14H,4-11H2,1-3H3,(H,20,29)(H,21,23)(H,22,24,25);1H. The molecule has 166 valence electrons. The second kappa shape index (κ2) is 11.9. The van der Waals surface area contributed by atoms with Gasteiger partial charge in [-0.3, -0.25) is 14.5 Å². The number of carbonyl (C=O) groups is 1. The third-order valence-electron chi connectivity index (χ3n) is 5.20. The van der Waals surface area contributed by atoms with Gasteiger partial charge in [0.05, 0.1) is 18.1 Å². The zero-order chi connectivity index (χ0) is 20.6. The van der Waals surface area contributed by atoms with Gasteiger partial charge in [-0.15, -0.1) is 24.0 Å². The quantitative estimate of drug-likeness (QED) is 0.214. The molecule has 0 unspecified atom stereocenters. The number of amides is 1. The van der Waals surface area contributed by atoms with Gasteiger partial charge in [0.15, 0.2) is 11.6 Å². The first kappa shape index (κ1) is 24.1. The third-order valence-corrected chi connectivity index (χ3v) is 5.20. The Morgan fingerprint density at radius 2 is 2.07 bits per heavy atom. The third kappa shape index (κ3) is 6.16. The number of aryl methyl sites for hydroxylation is 1. The molecule has 1 saturated heterocycles. The Bertz CT molecular complexity index is 846. The lowest BCUT2D eigenvalue weighted by atomic mass is 9.93. The van der Waals surface area contributed by atoms with E-state index in [1.807, 2.05) is 7.05 Å². The molecule has 11 heteroatoms. The number of fused-ring (bicyclic) bond motifs is 1. The minimum absolute atomic E-state index is 0. The van der Waals surface area contributed by atoms with Crippen LogP contribution in [0.25, 0.3) is 11.0 Å². The summed E-state index contributed by atoms with van der Waals surface area (Å²) < 4.78 is 1.73. The SMILES string of the molecule is CCNC(=NCCNc1ncnc2c1cnn2C)N1CCC(CC(=O)NC)CC1.I. The summed E-state index contributed by atoms with van der Waals surface area (Å²) in [6.07, 6.45) is 5.95. The van der Waals surface area contributed by atoms with Crippen molar-refractivity contribution in [2.45, 2.75) is 26.2 Å². The summed E-state index contributed by atoms with van der Waals surface area (Å²) in [5, 5.41) is 14.6. The summed E-state index contributed by atoms with van der Waals surface area (Å²) in [6.45, 7) is 6.04. The van der Waals surface area contributed by atoms with Crippen LogP contribution < -0.4 is 16.0 Å². The van der Waals surface area contributed by atoms with Gasteiger partial charge in [-0.1, -0.05) is 0 Å². The molecule has 0 aromatic carbocycles. The molecule has 30 heavy (non-hydrogen) atoms. The minimum Gasteiger partial charge on any atom is -0.367 e. The van der Waals surface area contributed by atoms with Crippen molar-refractivity contribution in [2.75, 3.05) is 45.1 Å². The van der Waals surface area contributed by atoms with E-state index in [-0.39, 0.29) is 29.9 Å². The van der Waals surface area contributed by atoms with Gasteiger partial charge in [0, 0.05) is 46.7 Å². The van der Waals surface area contributed by atoms with Crippen LogP contribution in [0.1, 0.15) is 26.2 Å². The fourth-order valence-corrected chi connectivity index (χ4v) is 3.58. The maximum atomic E-state index is 11.6. The number of halogens is 1. The second-order valence-corrected chi connectivity index (χ2v) is 7.20. The monoisotopic (exact) mass is 529 g/mol. The lowest BCUT2D eigenvalue weighted by molar-refractivity contribution is -0.121. The first-order valence-corrected chi connectivity index (χ1v) is 10.2. The van der Waals surface area contributed by atoms with Gasteiger partial charge in [-0.25, -0.2) is 9.97 Å². The average Bonchev–Trinajstić information content (AvgIpc) is 3.12. The Labute approximate surface area is 194 Å². The predicted molar refractivity (Wildman–Crippen MR) is 129 cm³/mol. The fourth-order valence-electron chi connectivity index (χ4n) is 3.58. The van der Waals surface area contributed by atoms with Gasteiger partial charge in [-0.05, 0) is 25.7 Å². The van der Waals surface area contributed by atoms with Crippen LogP contribution in [0, 0.1) is 5.92 Å². The molecular formula is C19H32IN9O. The highest BCUT2D eigenvalue weighted by Gasteiger charge is 2.23. The van der Waals surface area contributed by atoms with Gasteiger partial charge < -0.3 is 20.9 Å². The molecule has 3 N–H and O–H groups in total. The molecule has 1 amide bonds. The molecule has 1 aliphatic heterocycles. The van der Waals surface area contributed by atoms with Crippen molar-refractivity contribution >= 4 is 52.7 Å². The zero-order valence-electron chi connectivity index (χ0n) is 17.9. The lowest BCUT2D eigenvalue weighted by Gasteiger charge is -2.34. The number of guanidine groups is 1. The molecule has 2 aromatic rings. The van der Waals surface area contributed by atoms with Gasteiger partial charge in [0.25, 0.3) is 0 Å². The molecule has 0 saturated carbocycles. The van der Waals surface area contributed by atoms with Crippen molar-refractivity contribution < 1.29 is 4.79 Å². The van der Waals surface area contributed by atoms with E-state index in [4.69, 9.17) is 4.99 Å². The Morgan fingerprint density at radius 3 is 2.77 bits per heavy atom. The molecule has 1 aliphatic rings. The zero-order valence-corrected chi connectivity index (χ0v) is 20.2. The van der Waals surface area contributed by atoms with E-state index >= 15 is 0 Å². The molecule has 3 heterocycles. The number of nitrogens with zero attached hydrogens (tertiary/aromatic N) is 6. The highest BCUT2D eigenvalue weighted by atomic mass is 127. The maximum absolute atomic E-state index is 11.6. The number of carbonyl (C=O) groups excluding carboxylic acids is 1. The summed E-state index contributed by atoms with van der Waals surface area (Å²) in [7, 11) is 3.56. The molecular weight excluding hydrogens is 497 g/mol. The van der Waals surface area contributed by atoms with Crippen LogP contribution in [0.5, 0.6) is 0 Å². The molecule has 0 radical (unpaired) electrons. The van der Waals surface area contributed by atoms with E-state index in [2.05, 4.69) is 42.8 Å². The van der Waals surface area contributed by atoms with Crippen LogP contribution >= 0.6 is 24.0 Å². The average molecular weight is 529 g/mol. The van der Waals surface area contributed by atoms with E-state index in [0.29, 0.717) is 25.4 Å². The van der Waals surface area contributed by atoms with Gasteiger partial charge >= 0.3 is 0 Å². The number of likely N-dealkylation sites (tertiary alicyclic amines) is 1. The smallest absolute Gasteiger partial charge is 0.220 e. The topological polar surface area (TPSA) is 112 Å². The van der Waals surface area contributed by atoms with Crippen LogP contribution in [-0.2, 0) is 11.8 Å². The number of hydrogen-bond donors (Lipinski definition) is 3. The number of aromatic nitrogens is 4. The Kier molecular flexibility index (Phi) is 9.53. The summed E-state index contributed by atoms with van der Waals surface area (Å²) in [4.78, 5) is 27.2. The Morgan fingerprint density at radius 1 is 1.30 bits per heavy atom. The minimum atomic E-state index is 0. The number of anilines is 1. The van der Waals surface area contributed by atoms with Gasteiger partial charge in [0.2, 0.25) is 5.91 Å². The maximum Gasteiger partial charge on any atom is 0.220 e. The van der Waals surface area contributed by atoms with Crippen molar-refractivity contribution in [1.82, 2.24) is 35.3 Å². The highest BCUT2D eigenvalue weighted by molar-refractivity contribution is 14.0. The van der Waals surface area contributed by atoms with Crippen molar-refractivity contribution in [2.24, 2.45) is 18.0 Å². The summed E-state index contributed by atoms with van der Waals surface area (Å²) in [5.74, 6) is 2.29. The van der Waals surface area contributed by atoms with Crippen LogP contribution in [0.3, 0.4) is 0 Å². The second-order valence-electron chi connectivity index (χ2n) is 7.20. The summed E-state index contributed by atoms with van der Waals surface area (Å²) >= 11 is 0. The highest BCUT2D eigenvalue weighted by Crippen LogP contribution is 2.20. The molecule has 3 rings (SSSR count). The van der Waals surface area contributed by atoms with Crippen LogP contribution in [-0.4, -0.2) is 76.3 Å². The number of aliphatic imine (C=N–C) groups is 1. The molecule has 0 spiro atoms. The number of nitrogens with one attached hydrogen (secondary N) is 3. The van der Waals surface area contributed by atoms with Crippen LogP contribution in [0.15, 0.2) is 17.5 Å². The molecule has 10 nitrogen and oxygen atoms in total. The molecule has 0 bridgehead atoms. The number of rotatable bonds is 7. The summed E-state index contributed by atoms with van der Waals surface area (Å²) in [5.41, 5.74) is 0.805. The van der Waals surface area contributed by atoms with E-state index in [1.54, 1.807) is 24.3 Å². The van der Waals surface area contributed by atoms with Crippen molar-refractivity contribution in [1.29, 1.82) is 0 Å². The van der Waals surface area contributed by atoms with Crippen molar-refractivity contribution in [3.63, 3.8) is 0 Å². The fraction of sp³-hybridized carbons (Fsp3) is 0.632.